The van der Waals surface area contributed by atoms with E-state index in [1.807, 2.05) is 22.6 Å². The highest BCUT2D eigenvalue weighted by Gasteiger charge is 2.10. The molecule has 92 valence electrons. The van der Waals surface area contributed by atoms with E-state index in [4.69, 9.17) is 10.5 Å². The van der Waals surface area contributed by atoms with E-state index in [9.17, 15) is 9.18 Å². The van der Waals surface area contributed by atoms with Gasteiger partial charge in [0.25, 0.3) is 5.91 Å². The first-order chi connectivity index (χ1) is 8.58. The zero-order chi connectivity index (χ0) is 13.1. The van der Waals surface area contributed by atoms with E-state index in [-0.39, 0.29) is 11.3 Å². The van der Waals surface area contributed by atoms with E-state index in [0.29, 0.717) is 9.45 Å². The molecule has 0 atom stereocenters. The lowest BCUT2D eigenvalue weighted by Crippen LogP contribution is -2.12. The third-order valence-electron chi connectivity index (χ3n) is 2.05. The van der Waals surface area contributed by atoms with Crippen molar-refractivity contribution in [2.75, 3.05) is 0 Å². The number of nitrogens with two attached hydrogens (primary N) is 1. The van der Waals surface area contributed by atoms with Crippen molar-refractivity contribution in [2.45, 2.75) is 0 Å². The van der Waals surface area contributed by atoms with Crippen molar-refractivity contribution in [3.63, 3.8) is 0 Å². The second-order valence-corrected chi connectivity index (χ2v) is 4.45. The van der Waals surface area contributed by atoms with Gasteiger partial charge in [-0.3, -0.25) is 4.79 Å². The van der Waals surface area contributed by atoms with Crippen molar-refractivity contribution in [1.29, 1.82) is 0 Å². The summed E-state index contributed by atoms with van der Waals surface area (Å²) in [5.41, 5.74) is 4.82. The van der Waals surface area contributed by atoms with Crippen molar-refractivity contribution >= 4 is 28.5 Å². The topological polar surface area (TPSA) is 78.1 Å². The number of amides is 1. The summed E-state index contributed by atoms with van der Waals surface area (Å²) in [5.74, 6) is -1.01. The van der Waals surface area contributed by atoms with Gasteiger partial charge in [-0.15, -0.1) is 0 Å². The van der Waals surface area contributed by atoms with Crippen molar-refractivity contribution in [1.82, 2.24) is 9.97 Å². The summed E-state index contributed by atoms with van der Waals surface area (Å²) in [6.07, 6.45) is 2.89. The van der Waals surface area contributed by atoms with Gasteiger partial charge in [0.1, 0.15) is 17.9 Å². The lowest BCUT2D eigenvalue weighted by molar-refractivity contribution is 0.0996. The van der Waals surface area contributed by atoms with Crippen LogP contribution in [0.5, 0.6) is 11.6 Å². The third-order valence-corrected chi connectivity index (χ3v) is 2.79. The predicted octanol–water partition coefficient (Wildman–Crippen LogP) is 2.11. The van der Waals surface area contributed by atoms with Crippen LogP contribution < -0.4 is 10.5 Å². The maximum Gasteiger partial charge on any atom is 0.251 e. The fourth-order valence-corrected chi connectivity index (χ4v) is 1.66. The van der Waals surface area contributed by atoms with Gasteiger partial charge >= 0.3 is 0 Å². The molecule has 0 spiro atoms. The molecule has 2 rings (SSSR count). The second kappa shape index (κ2) is 5.25. The van der Waals surface area contributed by atoms with Gasteiger partial charge in [-0.2, -0.15) is 0 Å². The standard InChI is InChI=1S/C11H7FIN3O2/c12-8-3-6(1-2-7(8)10(14)17)18-11-9(13)4-15-5-16-11/h1-5H,(H2,14,17). The summed E-state index contributed by atoms with van der Waals surface area (Å²) in [4.78, 5) is 18.6. The van der Waals surface area contributed by atoms with Crippen molar-refractivity contribution in [2.24, 2.45) is 5.73 Å². The Bertz CT molecular complexity index is 607. The summed E-state index contributed by atoms with van der Waals surface area (Å²) < 4.78 is 19.6. The number of halogens is 2. The van der Waals surface area contributed by atoms with E-state index in [1.54, 1.807) is 6.20 Å². The largest absolute Gasteiger partial charge is 0.438 e. The lowest BCUT2D eigenvalue weighted by atomic mass is 10.2. The first-order valence-electron chi connectivity index (χ1n) is 4.80. The summed E-state index contributed by atoms with van der Waals surface area (Å²) in [6, 6.07) is 3.79. The van der Waals surface area contributed by atoms with Gasteiger partial charge < -0.3 is 10.5 Å². The lowest BCUT2D eigenvalue weighted by Gasteiger charge is -2.06. The first kappa shape index (κ1) is 12.7. The van der Waals surface area contributed by atoms with E-state index in [1.165, 1.54) is 18.5 Å². The van der Waals surface area contributed by atoms with Crippen LogP contribution in [0.25, 0.3) is 0 Å². The summed E-state index contributed by atoms with van der Waals surface area (Å²) in [5, 5.41) is 0. The molecule has 0 radical (unpaired) electrons. The first-order valence-corrected chi connectivity index (χ1v) is 5.88. The van der Waals surface area contributed by atoms with E-state index < -0.39 is 11.7 Å². The number of carbonyl (C=O) groups is 1. The molecule has 2 N–H and O–H groups in total. The Morgan fingerprint density at radius 3 is 2.83 bits per heavy atom. The van der Waals surface area contributed by atoms with Crippen LogP contribution in [0.1, 0.15) is 10.4 Å². The Kier molecular flexibility index (Phi) is 3.70. The molecule has 18 heavy (non-hydrogen) atoms. The van der Waals surface area contributed by atoms with Gasteiger partial charge in [0.15, 0.2) is 0 Å². The molecule has 1 amide bonds. The zero-order valence-electron chi connectivity index (χ0n) is 8.93. The fraction of sp³-hybridized carbons (Fsp3) is 0. The Morgan fingerprint density at radius 2 is 2.22 bits per heavy atom. The maximum atomic E-state index is 13.5. The van der Waals surface area contributed by atoms with Gasteiger partial charge in [-0.25, -0.2) is 14.4 Å². The Balaban J connectivity index is 2.29. The van der Waals surface area contributed by atoms with Crippen LogP contribution in [0.15, 0.2) is 30.7 Å². The van der Waals surface area contributed by atoms with E-state index in [2.05, 4.69) is 9.97 Å². The maximum absolute atomic E-state index is 13.5. The van der Waals surface area contributed by atoms with Gasteiger partial charge in [0, 0.05) is 12.3 Å². The van der Waals surface area contributed by atoms with Crippen LogP contribution in [0, 0.1) is 9.39 Å². The fourth-order valence-electron chi connectivity index (χ4n) is 1.25. The second-order valence-electron chi connectivity index (χ2n) is 3.28. The van der Waals surface area contributed by atoms with Crippen molar-refractivity contribution in [3.8, 4) is 11.6 Å². The highest BCUT2D eigenvalue weighted by atomic mass is 127. The number of primary amides is 1. The smallest absolute Gasteiger partial charge is 0.251 e. The van der Waals surface area contributed by atoms with Gasteiger partial charge in [-0.1, -0.05) is 0 Å². The van der Waals surface area contributed by atoms with Crippen LogP contribution in [-0.2, 0) is 0 Å². The molecule has 0 aliphatic carbocycles. The number of nitrogens with zero attached hydrogens (tertiary/aromatic N) is 2. The van der Waals surface area contributed by atoms with Gasteiger partial charge in [0.2, 0.25) is 5.88 Å². The number of hydrogen-bond acceptors (Lipinski definition) is 4. The molecular formula is C11H7FIN3O2. The average molecular weight is 359 g/mol. The number of rotatable bonds is 3. The molecule has 0 fully saturated rings. The molecule has 0 saturated carbocycles. The van der Waals surface area contributed by atoms with Crippen LogP contribution in [-0.4, -0.2) is 15.9 Å². The molecule has 0 saturated heterocycles. The van der Waals surface area contributed by atoms with Gasteiger partial charge in [-0.05, 0) is 34.7 Å². The number of benzene rings is 1. The molecule has 0 aliphatic rings. The number of aromatic nitrogens is 2. The molecule has 1 aromatic carbocycles. The van der Waals surface area contributed by atoms with Crippen molar-refractivity contribution in [3.05, 3.63) is 45.7 Å². The normalized spacial score (nSPS) is 10.1. The highest BCUT2D eigenvalue weighted by molar-refractivity contribution is 14.1. The molecular weight excluding hydrogens is 352 g/mol. The van der Waals surface area contributed by atoms with Crippen LogP contribution in [0.2, 0.25) is 0 Å². The summed E-state index contributed by atoms with van der Waals surface area (Å²) >= 11 is 2.00. The molecule has 1 aromatic heterocycles. The van der Waals surface area contributed by atoms with Crippen LogP contribution >= 0.6 is 22.6 Å². The van der Waals surface area contributed by atoms with E-state index >= 15 is 0 Å². The predicted molar refractivity (Wildman–Crippen MR) is 69.7 cm³/mol. The number of carbonyl (C=O) groups excluding carboxylic acids is 1. The highest BCUT2D eigenvalue weighted by Crippen LogP contribution is 2.24. The molecule has 1 heterocycles. The molecule has 7 heteroatoms. The Labute approximate surface area is 115 Å². The molecule has 2 aromatic rings. The van der Waals surface area contributed by atoms with Crippen LogP contribution in [0.3, 0.4) is 0 Å². The monoisotopic (exact) mass is 359 g/mol. The minimum atomic E-state index is -0.823. The SMILES string of the molecule is NC(=O)c1ccc(Oc2ncncc2I)cc1F. The van der Waals surface area contributed by atoms with Crippen molar-refractivity contribution < 1.29 is 13.9 Å². The summed E-state index contributed by atoms with van der Waals surface area (Å²) in [6.45, 7) is 0. The quantitative estimate of drug-likeness (QED) is 0.852. The van der Waals surface area contributed by atoms with E-state index in [0.717, 1.165) is 6.07 Å². The molecule has 0 bridgehead atoms. The molecule has 5 nitrogen and oxygen atoms in total. The number of hydrogen-bond donors (Lipinski definition) is 1. The number of ether oxygens (including phenoxy) is 1. The minimum absolute atomic E-state index is 0.181. The Hall–Kier alpha value is -1.77. The minimum Gasteiger partial charge on any atom is -0.438 e. The summed E-state index contributed by atoms with van der Waals surface area (Å²) in [7, 11) is 0. The molecule has 0 aliphatic heterocycles. The van der Waals surface area contributed by atoms with Crippen LogP contribution in [0.4, 0.5) is 4.39 Å². The zero-order valence-corrected chi connectivity index (χ0v) is 11.1. The Morgan fingerprint density at radius 1 is 1.44 bits per heavy atom. The van der Waals surface area contributed by atoms with Gasteiger partial charge in [0.05, 0.1) is 9.13 Å². The third kappa shape index (κ3) is 2.73. The molecule has 0 unspecified atom stereocenters. The average Bonchev–Trinajstić information content (AvgIpc) is 2.32.